The maximum atomic E-state index is 11.4. The van der Waals surface area contributed by atoms with E-state index in [4.69, 9.17) is 0 Å². The van der Waals surface area contributed by atoms with Crippen LogP contribution >= 0.6 is 0 Å². The molecular weight excluding hydrogens is 224 g/mol. The fourth-order valence-corrected chi connectivity index (χ4v) is 1.35. The first-order valence-electron chi connectivity index (χ1n) is 5.20. The molecule has 17 heavy (non-hydrogen) atoms. The highest BCUT2D eigenvalue weighted by Gasteiger charge is 2.20. The third-order valence-electron chi connectivity index (χ3n) is 2.18. The molecule has 0 aliphatic heterocycles. The minimum absolute atomic E-state index is 0.0430. The molecule has 0 radical (unpaired) electrons. The molecule has 6 nitrogen and oxygen atoms in total. The number of benzene rings is 1. The topological polar surface area (TPSA) is 81.5 Å². The van der Waals surface area contributed by atoms with Crippen molar-refractivity contribution < 1.29 is 14.5 Å². The van der Waals surface area contributed by atoms with Crippen LogP contribution in [0.3, 0.4) is 0 Å². The van der Waals surface area contributed by atoms with Crippen LogP contribution in [-0.4, -0.2) is 24.5 Å². The second-order valence-electron chi connectivity index (χ2n) is 3.41. The molecule has 0 spiro atoms. The van der Waals surface area contributed by atoms with Crippen molar-refractivity contribution in [2.45, 2.75) is 13.3 Å². The predicted octanol–water partition coefficient (Wildman–Crippen LogP) is 2.20. The summed E-state index contributed by atoms with van der Waals surface area (Å²) in [5.41, 5.74) is 0.371. The van der Waals surface area contributed by atoms with E-state index in [2.05, 4.69) is 10.1 Å². The highest BCUT2D eigenvalue weighted by molar-refractivity contribution is 5.95. The Kier molecular flexibility index (Phi) is 4.45. The standard InChI is InChI=1S/C11H14N2O4/c1-3-6-12-8-4-5-10(13(15)16)9(7-8)11(14)17-2/h4-5,7,12H,3,6H2,1-2H3. The largest absolute Gasteiger partial charge is 0.465 e. The van der Waals surface area contributed by atoms with E-state index in [1.165, 1.54) is 19.2 Å². The third kappa shape index (κ3) is 3.17. The lowest BCUT2D eigenvalue weighted by atomic mass is 10.1. The van der Waals surface area contributed by atoms with Gasteiger partial charge < -0.3 is 10.1 Å². The molecule has 6 heteroatoms. The number of hydrogen-bond acceptors (Lipinski definition) is 5. The van der Waals surface area contributed by atoms with Gasteiger partial charge in [-0.3, -0.25) is 10.1 Å². The monoisotopic (exact) mass is 238 g/mol. The summed E-state index contributed by atoms with van der Waals surface area (Å²) >= 11 is 0. The summed E-state index contributed by atoms with van der Waals surface area (Å²) < 4.78 is 4.52. The first-order valence-corrected chi connectivity index (χ1v) is 5.20. The Bertz CT molecular complexity index is 431. The molecule has 1 rings (SSSR count). The van der Waals surface area contributed by atoms with Crippen molar-refractivity contribution in [2.75, 3.05) is 19.0 Å². The molecule has 0 amide bonds. The normalized spacial score (nSPS) is 9.76. The van der Waals surface area contributed by atoms with Crippen LogP contribution in [-0.2, 0) is 4.74 Å². The van der Waals surface area contributed by atoms with Gasteiger partial charge in [-0.1, -0.05) is 6.92 Å². The van der Waals surface area contributed by atoms with Gasteiger partial charge in [-0.2, -0.15) is 0 Å². The van der Waals surface area contributed by atoms with Crippen LogP contribution in [0, 0.1) is 10.1 Å². The minimum atomic E-state index is -0.711. The van der Waals surface area contributed by atoms with Crippen LogP contribution < -0.4 is 5.32 Å². The lowest BCUT2D eigenvalue weighted by molar-refractivity contribution is -0.385. The summed E-state index contributed by atoms with van der Waals surface area (Å²) in [6.45, 7) is 2.73. The molecule has 0 fully saturated rings. The zero-order valence-electron chi connectivity index (χ0n) is 9.73. The van der Waals surface area contributed by atoms with Gasteiger partial charge in [0.05, 0.1) is 12.0 Å². The van der Waals surface area contributed by atoms with E-state index in [1.54, 1.807) is 6.07 Å². The lowest BCUT2D eigenvalue weighted by Crippen LogP contribution is -2.07. The summed E-state index contributed by atoms with van der Waals surface area (Å²) in [5, 5.41) is 13.8. The molecule has 92 valence electrons. The molecule has 0 saturated heterocycles. The second-order valence-corrected chi connectivity index (χ2v) is 3.41. The number of carbonyl (C=O) groups is 1. The van der Waals surface area contributed by atoms with E-state index in [-0.39, 0.29) is 11.3 Å². The Morgan fingerprint density at radius 1 is 1.53 bits per heavy atom. The van der Waals surface area contributed by atoms with Gasteiger partial charge in [-0.05, 0) is 18.6 Å². The van der Waals surface area contributed by atoms with E-state index in [9.17, 15) is 14.9 Å². The number of nitro groups is 1. The van der Waals surface area contributed by atoms with E-state index < -0.39 is 10.9 Å². The number of methoxy groups -OCH3 is 1. The molecule has 0 atom stereocenters. The fraction of sp³-hybridized carbons (Fsp3) is 0.364. The maximum absolute atomic E-state index is 11.4. The highest BCUT2D eigenvalue weighted by atomic mass is 16.6. The molecule has 0 aliphatic rings. The van der Waals surface area contributed by atoms with E-state index in [1.807, 2.05) is 6.92 Å². The van der Waals surface area contributed by atoms with Crippen molar-refractivity contribution in [3.05, 3.63) is 33.9 Å². The summed E-state index contributed by atoms with van der Waals surface area (Å²) in [7, 11) is 1.19. The number of anilines is 1. The van der Waals surface area contributed by atoms with Gasteiger partial charge in [0.2, 0.25) is 0 Å². The number of nitrogens with zero attached hydrogens (tertiary/aromatic N) is 1. The van der Waals surface area contributed by atoms with Gasteiger partial charge in [-0.15, -0.1) is 0 Å². The molecule has 0 unspecified atom stereocenters. The number of nitrogens with one attached hydrogen (secondary N) is 1. The van der Waals surface area contributed by atoms with Gasteiger partial charge >= 0.3 is 5.97 Å². The quantitative estimate of drug-likeness (QED) is 0.483. The Hall–Kier alpha value is -2.11. The molecule has 1 aromatic rings. The van der Waals surface area contributed by atoms with E-state index in [0.717, 1.165) is 13.0 Å². The number of nitro benzene ring substituents is 1. The van der Waals surface area contributed by atoms with E-state index in [0.29, 0.717) is 5.69 Å². The molecule has 0 aromatic heterocycles. The van der Waals surface area contributed by atoms with Gasteiger partial charge in [0.15, 0.2) is 0 Å². The van der Waals surface area contributed by atoms with Crippen LogP contribution in [0.25, 0.3) is 0 Å². The Balaban J connectivity index is 3.10. The zero-order valence-corrected chi connectivity index (χ0v) is 9.73. The third-order valence-corrected chi connectivity index (χ3v) is 2.18. The maximum Gasteiger partial charge on any atom is 0.344 e. The first-order chi connectivity index (χ1) is 8.10. The molecule has 1 aromatic carbocycles. The first kappa shape index (κ1) is 13.0. The molecular formula is C11H14N2O4. The summed E-state index contributed by atoms with van der Waals surface area (Å²) in [6.07, 6.45) is 0.921. The highest BCUT2D eigenvalue weighted by Crippen LogP contribution is 2.23. The summed E-state index contributed by atoms with van der Waals surface area (Å²) in [4.78, 5) is 21.6. The number of esters is 1. The smallest absolute Gasteiger partial charge is 0.344 e. The minimum Gasteiger partial charge on any atom is -0.465 e. The van der Waals surface area contributed by atoms with Crippen molar-refractivity contribution in [1.82, 2.24) is 0 Å². The number of carbonyl (C=O) groups excluding carboxylic acids is 1. The van der Waals surface area contributed by atoms with Crippen molar-refractivity contribution in [2.24, 2.45) is 0 Å². The van der Waals surface area contributed by atoms with Crippen molar-refractivity contribution >= 4 is 17.3 Å². The predicted molar refractivity (Wildman–Crippen MR) is 63.2 cm³/mol. The van der Waals surface area contributed by atoms with Crippen molar-refractivity contribution in [1.29, 1.82) is 0 Å². The Morgan fingerprint density at radius 3 is 2.76 bits per heavy atom. The average molecular weight is 238 g/mol. The molecule has 0 aliphatic carbocycles. The average Bonchev–Trinajstić information content (AvgIpc) is 2.34. The summed E-state index contributed by atoms with van der Waals surface area (Å²) in [6, 6.07) is 4.30. The second kappa shape index (κ2) is 5.83. The van der Waals surface area contributed by atoms with E-state index >= 15 is 0 Å². The van der Waals surface area contributed by atoms with Crippen LogP contribution in [0.15, 0.2) is 18.2 Å². The van der Waals surface area contributed by atoms with Gasteiger partial charge in [0.25, 0.3) is 5.69 Å². The molecule has 1 N–H and O–H groups in total. The van der Waals surface area contributed by atoms with Crippen LogP contribution in [0.5, 0.6) is 0 Å². The molecule has 0 saturated carbocycles. The van der Waals surface area contributed by atoms with Crippen LogP contribution in [0.1, 0.15) is 23.7 Å². The van der Waals surface area contributed by atoms with Gasteiger partial charge in [0.1, 0.15) is 5.56 Å². The Labute approximate surface area is 98.7 Å². The number of ether oxygens (including phenoxy) is 1. The SMILES string of the molecule is CCCNc1ccc([N+](=O)[O-])c(C(=O)OC)c1. The van der Waals surface area contributed by atoms with Gasteiger partial charge in [-0.25, -0.2) is 4.79 Å². The fourth-order valence-electron chi connectivity index (χ4n) is 1.35. The molecule has 0 bridgehead atoms. The van der Waals surface area contributed by atoms with Crippen molar-refractivity contribution in [3.8, 4) is 0 Å². The Morgan fingerprint density at radius 2 is 2.24 bits per heavy atom. The zero-order chi connectivity index (χ0) is 12.8. The van der Waals surface area contributed by atoms with Crippen LogP contribution in [0.4, 0.5) is 11.4 Å². The molecule has 0 heterocycles. The van der Waals surface area contributed by atoms with Gasteiger partial charge in [0, 0.05) is 18.3 Å². The van der Waals surface area contributed by atoms with Crippen molar-refractivity contribution in [3.63, 3.8) is 0 Å². The van der Waals surface area contributed by atoms with Crippen LogP contribution in [0.2, 0.25) is 0 Å². The number of rotatable bonds is 5. The number of hydrogen-bond donors (Lipinski definition) is 1. The summed E-state index contributed by atoms with van der Waals surface area (Å²) in [5.74, 6) is -0.711. The lowest BCUT2D eigenvalue weighted by Gasteiger charge is -2.07.